The lowest BCUT2D eigenvalue weighted by Crippen LogP contribution is -2.42. The summed E-state index contributed by atoms with van der Waals surface area (Å²) < 4.78 is 23.1. The summed E-state index contributed by atoms with van der Waals surface area (Å²) in [5, 5.41) is 3.27. The number of rotatable bonds is 4. The van der Waals surface area contributed by atoms with Crippen molar-refractivity contribution in [2.75, 3.05) is 31.1 Å². The van der Waals surface area contributed by atoms with E-state index in [0.29, 0.717) is 18.8 Å². The van der Waals surface area contributed by atoms with Crippen molar-refractivity contribution in [1.82, 2.24) is 10.2 Å². The number of terminal acetylenes is 1. The number of hydrogen-bond donors (Lipinski definition) is 1. The lowest BCUT2D eigenvalue weighted by Gasteiger charge is -2.29. The third-order valence-electron chi connectivity index (χ3n) is 4.15. The molecule has 2 rings (SSSR count). The normalized spacial score (nSPS) is 26.1. The van der Waals surface area contributed by atoms with Crippen LogP contribution in [-0.4, -0.2) is 56.4 Å². The standard InChI is InChI=1S/C14H22N2O3S/c1-2-8-16(13-5-9-20(18,19)11-13)14(17)10-12-3-6-15-7-4-12/h1,12-13,15H,3-11H2. The maximum absolute atomic E-state index is 12.4. The maximum atomic E-state index is 12.4. The Bertz CT molecular complexity index is 489. The minimum absolute atomic E-state index is 0.0111. The molecule has 1 unspecified atom stereocenters. The molecule has 2 fully saturated rings. The van der Waals surface area contributed by atoms with Gasteiger partial charge in [-0.05, 0) is 38.3 Å². The number of piperidine rings is 1. The SMILES string of the molecule is C#CCN(C(=O)CC1CCNCC1)C1CCS(=O)(=O)C1. The molecule has 0 bridgehead atoms. The third kappa shape index (κ3) is 3.97. The highest BCUT2D eigenvalue weighted by atomic mass is 32.2. The van der Waals surface area contributed by atoms with Crippen molar-refractivity contribution in [2.24, 2.45) is 5.92 Å². The van der Waals surface area contributed by atoms with Crippen LogP contribution in [0.15, 0.2) is 0 Å². The van der Waals surface area contributed by atoms with E-state index in [9.17, 15) is 13.2 Å². The van der Waals surface area contributed by atoms with Gasteiger partial charge >= 0.3 is 0 Å². The Morgan fingerprint density at radius 3 is 2.55 bits per heavy atom. The van der Waals surface area contributed by atoms with E-state index in [0.717, 1.165) is 25.9 Å². The smallest absolute Gasteiger partial charge is 0.223 e. The van der Waals surface area contributed by atoms with Gasteiger partial charge in [0.2, 0.25) is 5.91 Å². The van der Waals surface area contributed by atoms with Gasteiger partial charge in [0.25, 0.3) is 0 Å². The number of sulfone groups is 1. The number of carbonyl (C=O) groups is 1. The van der Waals surface area contributed by atoms with Crippen LogP contribution in [0.1, 0.15) is 25.7 Å². The van der Waals surface area contributed by atoms with E-state index in [-0.39, 0.29) is 30.0 Å². The largest absolute Gasteiger partial charge is 0.328 e. The fourth-order valence-corrected chi connectivity index (χ4v) is 4.72. The zero-order valence-electron chi connectivity index (χ0n) is 11.7. The molecular weight excluding hydrogens is 276 g/mol. The zero-order chi connectivity index (χ0) is 14.6. The Labute approximate surface area is 121 Å². The van der Waals surface area contributed by atoms with Crippen molar-refractivity contribution in [1.29, 1.82) is 0 Å². The molecule has 1 N–H and O–H groups in total. The molecule has 2 aliphatic heterocycles. The summed E-state index contributed by atoms with van der Waals surface area (Å²) in [5.41, 5.74) is 0. The molecule has 0 aromatic rings. The molecule has 2 saturated heterocycles. The van der Waals surface area contributed by atoms with Crippen LogP contribution in [-0.2, 0) is 14.6 Å². The molecule has 1 atom stereocenters. The van der Waals surface area contributed by atoms with Crippen LogP contribution in [0.25, 0.3) is 0 Å². The van der Waals surface area contributed by atoms with Gasteiger partial charge in [0.15, 0.2) is 9.84 Å². The van der Waals surface area contributed by atoms with E-state index in [4.69, 9.17) is 6.42 Å². The second-order valence-corrected chi connectivity index (χ2v) is 7.91. The van der Waals surface area contributed by atoms with E-state index in [1.54, 1.807) is 4.90 Å². The molecule has 2 heterocycles. The maximum Gasteiger partial charge on any atom is 0.223 e. The van der Waals surface area contributed by atoms with Crippen LogP contribution in [0.4, 0.5) is 0 Å². The van der Waals surface area contributed by atoms with Crippen molar-refractivity contribution >= 4 is 15.7 Å². The Morgan fingerprint density at radius 2 is 2.00 bits per heavy atom. The quantitative estimate of drug-likeness (QED) is 0.743. The van der Waals surface area contributed by atoms with Gasteiger partial charge in [-0.3, -0.25) is 4.79 Å². The highest BCUT2D eigenvalue weighted by molar-refractivity contribution is 7.91. The first-order chi connectivity index (χ1) is 9.52. The first kappa shape index (κ1) is 15.3. The highest BCUT2D eigenvalue weighted by Crippen LogP contribution is 2.22. The van der Waals surface area contributed by atoms with Crippen LogP contribution >= 0.6 is 0 Å². The minimum atomic E-state index is -3.00. The summed E-state index contributed by atoms with van der Waals surface area (Å²) in [4.78, 5) is 14.0. The van der Waals surface area contributed by atoms with Crippen molar-refractivity contribution in [3.63, 3.8) is 0 Å². The lowest BCUT2D eigenvalue weighted by molar-refractivity contribution is -0.133. The van der Waals surface area contributed by atoms with E-state index in [1.807, 2.05) is 0 Å². The molecule has 6 heteroatoms. The molecule has 20 heavy (non-hydrogen) atoms. The molecule has 0 radical (unpaired) electrons. The fraction of sp³-hybridized carbons (Fsp3) is 0.786. The Kier molecular flexibility index (Phi) is 5.06. The van der Waals surface area contributed by atoms with Crippen LogP contribution in [0.3, 0.4) is 0 Å². The summed E-state index contributed by atoms with van der Waals surface area (Å²) in [7, 11) is -3.00. The van der Waals surface area contributed by atoms with Crippen molar-refractivity contribution in [2.45, 2.75) is 31.7 Å². The van der Waals surface area contributed by atoms with Crippen molar-refractivity contribution in [3.05, 3.63) is 0 Å². The van der Waals surface area contributed by atoms with E-state index < -0.39 is 9.84 Å². The molecule has 0 aliphatic carbocycles. The number of carbonyl (C=O) groups excluding carboxylic acids is 1. The predicted octanol–water partition coefficient (Wildman–Crippen LogP) is 0.0250. The molecule has 5 nitrogen and oxygen atoms in total. The molecule has 0 spiro atoms. The van der Waals surface area contributed by atoms with Gasteiger partial charge in [0, 0.05) is 12.5 Å². The summed E-state index contributed by atoms with van der Waals surface area (Å²) in [6.45, 7) is 2.11. The molecule has 0 aromatic heterocycles. The molecule has 0 saturated carbocycles. The predicted molar refractivity (Wildman–Crippen MR) is 77.8 cm³/mol. The zero-order valence-corrected chi connectivity index (χ0v) is 12.5. The second kappa shape index (κ2) is 6.59. The third-order valence-corrected chi connectivity index (χ3v) is 5.90. The first-order valence-electron chi connectivity index (χ1n) is 7.16. The molecule has 0 aromatic carbocycles. The Hall–Kier alpha value is -1.06. The van der Waals surface area contributed by atoms with Gasteiger partial charge in [-0.25, -0.2) is 8.42 Å². The topological polar surface area (TPSA) is 66.5 Å². The van der Waals surface area contributed by atoms with Crippen molar-refractivity contribution in [3.8, 4) is 12.3 Å². The van der Waals surface area contributed by atoms with Crippen LogP contribution in [0.2, 0.25) is 0 Å². The molecule has 112 valence electrons. The monoisotopic (exact) mass is 298 g/mol. The van der Waals surface area contributed by atoms with Crippen LogP contribution < -0.4 is 5.32 Å². The number of hydrogen-bond acceptors (Lipinski definition) is 4. The average molecular weight is 298 g/mol. The number of nitrogens with zero attached hydrogens (tertiary/aromatic N) is 1. The molecule has 1 amide bonds. The Balaban J connectivity index is 1.97. The van der Waals surface area contributed by atoms with E-state index >= 15 is 0 Å². The van der Waals surface area contributed by atoms with Gasteiger partial charge in [0.05, 0.1) is 18.1 Å². The summed E-state index contributed by atoms with van der Waals surface area (Å²) >= 11 is 0. The molecular formula is C14H22N2O3S. The van der Waals surface area contributed by atoms with Gasteiger partial charge in [-0.1, -0.05) is 5.92 Å². The van der Waals surface area contributed by atoms with Gasteiger partial charge in [-0.2, -0.15) is 0 Å². The molecule has 2 aliphatic rings. The highest BCUT2D eigenvalue weighted by Gasteiger charge is 2.34. The second-order valence-electron chi connectivity index (χ2n) is 5.68. The lowest BCUT2D eigenvalue weighted by atomic mass is 9.94. The van der Waals surface area contributed by atoms with Crippen LogP contribution in [0, 0.1) is 18.3 Å². The number of amides is 1. The number of nitrogens with one attached hydrogen (secondary N) is 1. The van der Waals surface area contributed by atoms with E-state index in [2.05, 4.69) is 11.2 Å². The van der Waals surface area contributed by atoms with Crippen molar-refractivity contribution < 1.29 is 13.2 Å². The first-order valence-corrected chi connectivity index (χ1v) is 8.98. The fourth-order valence-electron chi connectivity index (χ4n) is 2.99. The summed E-state index contributed by atoms with van der Waals surface area (Å²) in [6.07, 6.45) is 8.33. The van der Waals surface area contributed by atoms with E-state index in [1.165, 1.54) is 0 Å². The minimum Gasteiger partial charge on any atom is -0.328 e. The summed E-state index contributed by atoms with van der Waals surface area (Å²) in [5.74, 6) is 3.12. The van der Waals surface area contributed by atoms with Crippen LogP contribution in [0.5, 0.6) is 0 Å². The summed E-state index contributed by atoms with van der Waals surface area (Å²) in [6, 6.07) is -0.231. The average Bonchev–Trinajstić information content (AvgIpc) is 2.77. The Morgan fingerprint density at radius 1 is 1.30 bits per heavy atom. The van der Waals surface area contributed by atoms with Gasteiger partial charge < -0.3 is 10.2 Å². The van der Waals surface area contributed by atoms with Gasteiger partial charge in [-0.15, -0.1) is 6.42 Å². The van der Waals surface area contributed by atoms with Gasteiger partial charge in [0.1, 0.15) is 0 Å².